The van der Waals surface area contributed by atoms with Crippen LogP contribution in [0.2, 0.25) is 0 Å². The summed E-state index contributed by atoms with van der Waals surface area (Å²) in [5.74, 6) is 0. The Morgan fingerprint density at radius 3 is 1.79 bits per heavy atom. The van der Waals surface area contributed by atoms with Crippen LogP contribution in [-0.4, -0.2) is 46.2 Å². The first-order valence-corrected chi connectivity index (χ1v) is 4.66. The van der Waals surface area contributed by atoms with Crippen LogP contribution in [0, 0.1) is 6.92 Å². The maximum absolute atomic E-state index is 5.20. The molecule has 0 aromatic heterocycles. The summed E-state index contributed by atoms with van der Waals surface area (Å²) in [7, 11) is 0. The Morgan fingerprint density at radius 1 is 0.786 bits per heavy atom. The second-order valence-electron chi connectivity index (χ2n) is 2.37. The molecule has 0 aliphatic rings. The summed E-state index contributed by atoms with van der Waals surface area (Å²) < 4.78 is 20.2. The van der Waals surface area contributed by atoms with Gasteiger partial charge in [0.1, 0.15) is 6.61 Å². The molecule has 0 saturated carbocycles. The molecule has 0 N–H and O–H groups in total. The van der Waals surface area contributed by atoms with E-state index in [-0.39, 0.29) is 0 Å². The molecule has 0 aliphatic carbocycles. The van der Waals surface area contributed by atoms with Gasteiger partial charge < -0.3 is 18.9 Å². The Bertz CT molecular complexity index is 117. The van der Waals surface area contributed by atoms with Gasteiger partial charge in [-0.25, -0.2) is 0 Å². The molecule has 0 aromatic rings. The number of hydrogen-bond donors (Lipinski definition) is 0. The highest BCUT2D eigenvalue weighted by Gasteiger charge is 1.90. The molecule has 0 atom stereocenters. The minimum absolute atomic E-state index is 0.485. The van der Waals surface area contributed by atoms with Crippen LogP contribution >= 0.6 is 0 Å². The quantitative estimate of drug-likeness (QED) is 0.371. The molecule has 0 saturated heterocycles. The summed E-state index contributed by atoms with van der Waals surface area (Å²) in [6.45, 7) is 10.9. The van der Waals surface area contributed by atoms with Crippen molar-refractivity contribution in [1.82, 2.24) is 0 Å². The monoisotopic (exact) mass is 203 g/mol. The predicted molar refractivity (Wildman–Crippen MR) is 54.0 cm³/mol. The zero-order valence-electron chi connectivity index (χ0n) is 8.57. The molecular weight excluding hydrogens is 184 g/mol. The number of hydrogen-bond acceptors (Lipinski definition) is 4. The maximum atomic E-state index is 5.20. The van der Waals surface area contributed by atoms with E-state index in [2.05, 4.69) is 13.5 Å². The van der Waals surface area contributed by atoms with E-state index < -0.39 is 0 Å². The lowest BCUT2D eigenvalue weighted by molar-refractivity contribution is 0.0102. The van der Waals surface area contributed by atoms with Gasteiger partial charge >= 0.3 is 0 Å². The van der Waals surface area contributed by atoms with Crippen molar-refractivity contribution in [1.29, 1.82) is 0 Å². The second kappa shape index (κ2) is 12.4. The summed E-state index contributed by atoms with van der Waals surface area (Å²) >= 11 is 0. The molecular formula is C10H19O4. The standard InChI is InChI=1S/C10H19O4/c1-3-11-5-7-13-9-10-14-8-6-12-4-2/h3H,1-2,4-10H2. The first-order valence-electron chi connectivity index (χ1n) is 4.66. The van der Waals surface area contributed by atoms with E-state index in [1.165, 1.54) is 6.26 Å². The minimum Gasteiger partial charge on any atom is -0.499 e. The van der Waals surface area contributed by atoms with E-state index in [9.17, 15) is 0 Å². The maximum Gasteiger partial charge on any atom is 0.111 e. The smallest absolute Gasteiger partial charge is 0.111 e. The molecule has 14 heavy (non-hydrogen) atoms. The van der Waals surface area contributed by atoms with Crippen molar-refractivity contribution in [2.75, 3.05) is 46.2 Å². The van der Waals surface area contributed by atoms with Crippen LogP contribution in [0.1, 0.15) is 0 Å². The molecule has 0 rings (SSSR count). The third-order valence-corrected chi connectivity index (χ3v) is 1.35. The highest BCUT2D eigenvalue weighted by Crippen LogP contribution is 1.82. The van der Waals surface area contributed by atoms with Crippen LogP contribution in [0.25, 0.3) is 0 Å². The van der Waals surface area contributed by atoms with Crippen molar-refractivity contribution in [2.24, 2.45) is 0 Å². The van der Waals surface area contributed by atoms with Crippen molar-refractivity contribution in [2.45, 2.75) is 0 Å². The highest BCUT2D eigenvalue weighted by molar-refractivity contribution is 4.47. The van der Waals surface area contributed by atoms with E-state index in [4.69, 9.17) is 18.9 Å². The molecule has 4 nitrogen and oxygen atoms in total. The fourth-order valence-corrected chi connectivity index (χ4v) is 0.732. The Morgan fingerprint density at radius 2 is 1.29 bits per heavy atom. The molecule has 1 radical (unpaired) electrons. The lowest BCUT2D eigenvalue weighted by Gasteiger charge is -2.05. The summed E-state index contributed by atoms with van der Waals surface area (Å²) in [4.78, 5) is 0. The van der Waals surface area contributed by atoms with Gasteiger partial charge in [-0.3, -0.25) is 0 Å². The molecule has 0 unspecified atom stereocenters. The summed E-state index contributed by atoms with van der Waals surface area (Å²) in [5, 5.41) is 0. The summed E-state index contributed by atoms with van der Waals surface area (Å²) in [6, 6.07) is 0. The molecule has 0 amide bonds. The molecule has 0 aromatic carbocycles. The fraction of sp³-hybridized carbons (Fsp3) is 0.700. The van der Waals surface area contributed by atoms with Gasteiger partial charge in [0.2, 0.25) is 0 Å². The lowest BCUT2D eigenvalue weighted by atomic mass is 10.7. The Balaban J connectivity index is 2.81. The second-order valence-corrected chi connectivity index (χ2v) is 2.37. The van der Waals surface area contributed by atoms with E-state index in [0.29, 0.717) is 46.2 Å². The van der Waals surface area contributed by atoms with E-state index in [1.807, 2.05) is 0 Å². The van der Waals surface area contributed by atoms with Gasteiger partial charge in [-0.05, 0) is 6.92 Å². The van der Waals surface area contributed by atoms with Crippen molar-refractivity contribution >= 4 is 0 Å². The average molecular weight is 203 g/mol. The van der Waals surface area contributed by atoms with Crippen LogP contribution in [0.3, 0.4) is 0 Å². The topological polar surface area (TPSA) is 36.9 Å². The average Bonchev–Trinajstić information content (AvgIpc) is 2.21. The third kappa shape index (κ3) is 11.4. The van der Waals surface area contributed by atoms with Crippen molar-refractivity contribution in [3.05, 3.63) is 19.8 Å². The van der Waals surface area contributed by atoms with Crippen LogP contribution in [0.5, 0.6) is 0 Å². The number of ether oxygens (including phenoxy) is 4. The van der Waals surface area contributed by atoms with Crippen LogP contribution < -0.4 is 0 Å². The molecule has 0 heterocycles. The zero-order chi connectivity index (χ0) is 10.5. The van der Waals surface area contributed by atoms with Gasteiger partial charge in [-0.1, -0.05) is 6.58 Å². The van der Waals surface area contributed by atoms with Crippen molar-refractivity contribution in [3.63, 3.8) is 0 Å². The van der Waals surface area contributed by atoms with E-state index in [0.717, 1.165) is 0 Å². The summed E-state index contributed by atoms with van der Waals surface area (Å²) in [6.07, 6.45) is 1.40. The normalized spacial score (nSPS) is 10.1. The molecule has 4 heteroatoms. The highest BCUT2D eigenvalue weighted by atomic mass is 16.6. The first-order chi connectivity index (χ1) is 6.91. The minimum atomic E-state index is 0.485. The van der Waals surface area contributed by atoms with Crippen LogP contribution in [0.4, 0.5) is 0 Å². The van der Waals surface area contributed by atoms with Crippen molar-refractivity contribution in [3.8, 4) is 0 Å². The van der Waals surface area contributed by atoms with Gasteiger partial charge in [0.25, 0.3) is 0 Å². The van der Waals surface area contributed by atoms with Gasteiger partial charge in [0, 0.05) is 6.61 Å². The van der Waals surface area contributed by atoms with Crippen molar-refractivity contribution < 1.29 is 18.9 Å². The SMILES string of the molecule is [CH2]COCCOCCOCCOC=C. The van der Waals surface area contributed by atoms with E-state index >= 15 is 0 Å². The van der Waals surface area contributed by atoms with Gasteiger partial charge in [-0.15, -0.1) is 0 Å². The van der Waals surface area contributed by atoms with Gasteiger partial charge in [0.15, 0.2) is 0 Å². The van der Waals surface area contributed by atoms with E-state index in [1.54, 1.807) is 0 Å². The first kappa shape index (κ1) is 13.4. The Kier molecular flexibility index (Phi) is 11.9. The number of rotatable bonds is 11. The Labute approximate surface area is 85.8 Å². The zero-order valence-corrected chi connectivity index (χ0v) is 8.57. The third-order valence-electron chi connectivity index (χ3n) is 1.35. The summed E-state index contributed by atoms with van der Waals surface area (Å²) in [5.41, 5.74) is 0. The molecule has 0 spiro atoms. The van der Waals surface area contributed by atoms with Gasteiger partial charge in [0.05, 0.1) is 39.3 Å². The predicted octanol–water partition coefficient (Wildman–Crippen LogP) is 1.03. The lowest BCUT2D eigenvalue weighted by Crippen LogP contribution is -2.11. The van der Waals surface area contributed by atoms with Crippen LogP contribution in [-0.2, 0) is 18.9 Å². The molecule has 0 aliphatic heterocycles. The Hall–Kier alpha value is -0.580. The largest absolute Gasteiger partial charge is 0.499 e. The van der Waals surface area contributed by atoms with Gasteiger partial charge in [-0.2, -0.15) is 0 Å². The molecule has 83 valence electrons. The van der Waals surface area contributed by atoms with Crippen LogP contribution in [0.15, 0.2) is 12.8 Å². The fourth-order valence-electron chi connectivity index (χ4n) is 0.732. The molecule has 0 fully saturated rings. The molecule has 0 bridgehead atoms.